The summed E-state index contributed by atoms with van der Waals surface area (Å²) in [5.41, 5.74) is -2.53. The van der Waals surface area contributed by atoms with E-state index >= 15 is 0 Å². The lowest BCUT2D eigenvalue weighted by Crippen LogP contribution is -2.48. The van der Waals surface area contributed by atoms with Crippen LogP contribution >= 0.6 is 0 Å². The highest BCUT2D eigenvalue weighted by Gasteiger charge is 2.46. The number of anilines is 1. The number of hydrogen-bond acceptors (Lipinski definition) is 7. The number of aryl methyl sites for hydroxylation is 1. The van der Waals surface area contributed by atoms with Crippen molar-refractivity contribution in [3.63, 3.8) is 0 Å². The Labute approximate surface area is 232 Å². The Morgan fingerprint density at radius 2 is 1.98 bits per heavy atom. The van der Waals surface area contributed by atoms with Crippen LogP contribution in [-0.2, 0) is 18.6 Å². The molecule has 6 rings (SSSR count). The number of piperidine rings is 1. The molecular weight excluding hydrogens is 544 g/mol. The minimum absolute atomic E-state index is 0.00523. The van der Waals surface area contributed by atoms with Gasteiger partial charge >= 0.3 is 6.18 Å². The first-order chi connectivity index (χ1) is 19.5. The number of aliphatic hydroxyl groups is 1. The molecule has 3 aliphatic rings. The molecule has 0 spiro atoms. The Morgan fingerprint density at radius 1 is 1.20 bits per heavy atom. The van der Waals surface area contributed by atoms with E-state index in [1.165, 1.54) is 0 Å². The largest absolute Gasteiger partial charge is 0.418 e. The van der Waals surface area contributed by atoms with Crippen molar-refractivity contribution in [2.24, 2.45) is 13.0 Å². The lowest BCUT2D eigenvalue weighted by molar-refractivity contribution is -0.138. The third-order valence-electron chi connectivity index (χ3n) is 8.68. The first-order valence-electron chi connectivity index (χ1n) is 13.6. The topological polar surface area (TPSA) is 105 Å². The molecule has 3 atom stereocenters. The predicted molar refractivity (Wildman–Crippen MR) is 141 cm³/mol. The molecule has 1 saturated heterocycles. The van der Waals surface area contributed by atoms with Crippen LogP contribution in [0, 0.1) is 5.92 Å². The lowest BCUT2D eigenvalue weighted by atomic mass is 9.63. The van der Waals surface area contributed by atoms with Crippen molar-refractivity contribution in [2.45, 2.75) is 49.5 Å². The molecule has 9 nitrogen and oxygen atoms in total. The van der Waals surface area contributed by atoms with E-state index in [2.05, 4.69) is 15.5 Å². The molecular formula is C28H30F4N6O3. The number of ketones is 1. The minimum atomic E-state index is -4.91. The second-order valence-electron chi connectivity index (χ2n) is 11.4. The summed E-state index contributed by atoms with van der Waals surface area (Å²) in [5.74, 6) is -0.458. The van der Waals surface area contributed by atoms with Crippen molar-refractivity contribution in [1.29, 1.82) is 0 Å². The van der Waals surface area contributed by atoms with Gasteiger partial charge in [-0.25, -0.2) is 4.39 Å². The van der Waals surface area contributed by atoms with Crippen LogP contribution in [-0.4, -0.2) is 73.6 Å². The van der Waals surface area contributed by atoms with Crippen LogP contribution in [0.2, 0.25) is 0 Å². The van der Waals surface area contributed by atoms with Crippen LogP contribution in [0.3, 0.4) is 0 Å². The average molecular weight is 575 g/mol. The van der Waals surface area contributed by atoms with Crippen molar-refractivity contribution in [1.82, 2.24) is 24.2 Å². The molecule has 41 heavy (non-hydrogen) atoms. The Hall–Kier alpha value is -3.58. The number of halogens is 4. The number of hydrogen-bond donors (Lipinski definition) is 2. The number of rotatable bonds is 6. The molecule has 1 aliphatic carbocycles. The van der Waals surface area contributed by atoms with Gasteiger partial charge in [0.15, 0.2) is 5.78 Å². The van der Waals surface area contributed by atoms with Gasteiger partial charge in [-0.05, 0) is 42.9 Å². The van der Waals surface area contributed by atoms with Crippen LogP contribution < -0.4 is 10.9 Å². The fraction of sp³-hybridized carbons (Fsp3) is 0.500. The van der Waals surface area contributed by atoms with E-state index in [-0.39, 0.29) is 37.7 Å². The zero-order valence-corrected chi connectivity index (χ0v) is 22.4. The zero-order chi connectivity index (χ0) is 29.1. The molecule has 2 aliphatic heterocycles. The second-order valence-corrected chi connectivity index (χ2v) is 11.4. The third kappa shape index (κ3) is 4.64. The third-order valence-corrected chi connectivity index (χ3v) is 8.68. The number of pyridine rings is 1. The number of carbonyl (C=O) groups is 1. The van der Waals surface area contributed by atoms with Crippen molar-refractivity contribution < 1.29 is 27.5 Å². The van der Waals surface area contributed by atoms with Crippen molar-refractivity contribution in [2.75, 3.05) is 31.6 Å². The second kappa shape index (κ2) is 10.1. The van der Waals surface area contributed by atoms with Crippen LogP contribution in [0.25, 0.3) is 5.69 Å². The van der Waals surface area contributed by atoms with Crippen molar-refractivity contribution >= 4 is 11.5 Å². The molecule has 0 bridgehead atoms. The number of carbonyl (C=O) groups excluding carboxylic acids is 1. The molecule has 2 aromatic heterocycles. The molecule has 2 N–H and O–H groups in total. The molecule has 4 heterocycles. The normalized spacial score (nSPS) is 24.1. The molecule has 3 aromatic rings. The van der Waals surface area contributed by atoms with Gasteiger partial charge in [0.05, 0.1) is 16.5 Å². The van der Waals surface area contributed by atoms with Gasteiger partial charge in [-0.2, -0.15) is 13.2 Å². The van der Waals surface area contributed by atoms with E-state index in [1.807, 2.05) is 17.7 Å². The standard InChI is InChI=1S/C28H30F4N6O3/c1-36-15-33-35-26(36)27(6-3-7-27)17-4-2-5-19(9-17)38-12-20(28(30,31)32)22-23(25(38)41)34-21(24(22)40)13-37-10-16(14-39)8-18(29)11-37/h2,4-5,9,12,15-16,18,21,34,39H,3,6-8,10-11,13-14H2,1H3. The summed E-state index contributed by atoms with van der Waals surface area (Å²) >= 11 is 0. The summed E-state index contributed by atoms with van der Waals surface area (Å²) in [6, 6.07) is 5.66. The van der Waals surface area contributed by atoms with E-state index in [0.717, 1.165) is 35.2 Å². The maximum atomic E-state index is 14.3. The fourth-order valence-corrected chi connectivity index (χ4v) is 6.57. The van der Waals surface area contributed by atoms with Crippen LogP contribution in [0.5, 0.6) is 0 Å². The van der Waals surface area contributed by atoms with Crippen molar-refractivity contribution in [3.05, 3.63) is 69.7 Å². The number of fused-ring (bicyclic) bond motifs is 1. The summed E-state index contributed by atoms with van der Waals surface area (Å²) in [6.45, 7) is -0.0239. The smallest absolute Gasteiger partial charge is 0.396 e. The molecule has 1 saturated carbocycles. The number of alkyl halides is 4. The van der Waals surface area contributed by atoms with E-state index in [1.54, 1.807) is 29.4 Å². The van der Waals surface area contributed by atoms with Gasteiger partial charge in [-0.3, -0.25) is 19.1 Å². The molecule has 1 aromatic carbocycles. The monoisotopic (exact) mass is 574 g/mol. The van der Waals surface area contributed by atoms with Gasteiger partial charge in [-0.15, -0.1) is 10.2 Å². The lowest BCUT2D eigenvalue weighted by Gasteiger charge is -2.41. The number of aromatic nitrogens is 4. The summed E-state index contributed by atoms with van der Waals surface area (Å²) in [6.07, 6.45) is -1.16. The van der Waals surface area contributed by atoms with Gasteiger partial charge in [0, 0.05) is 45.2 Å². The fourth-order valence-electron chi connectivity index (χ4n) is 6.57. The van der Waals surface area contributed by atoms with Gasteiger partial charge in [0.25, 0.3) is 5.56 Å². The van der Waals surface area contributed by atoms with Gasteiger partial charge in [0.2, 0.25) is 0 Å². The van der Waals surface area contributed by atoms with Crippen LogP contribution in [0.15, 0.2) is 41.6 Å². The first-order valence-corrected chi connectivity index (χ1v) is 13.6. The number of Topliss-reactive ketones (excluding diaryl/α,β-unsaturated/α-hetero) is 1. The highest BCUT2D eigenvalue weighted by atomic mass is 19.4. The molecule has 3 unspecified atom stereocenters. The maximum absolute atomic E-state index is 14.3. The molecule has 0 amide bonds. The summed E-state index contributed by atoms with van der Waals surface area (Å²) < 4.78 is 60.0. The molecule has 218 valence electrons. The highest BCUT2D eigenvalue weighted by molar-refractivity contribution is 6.11. The SMILES string of the molecule is Cn1cnnc1C1(c2cccc(-n3cc(C(F)(F)F)c4c(c3=O)NC(CN3CC(F)CC(CO)C3)C4=O)c2)CCC1. The number of benzene rings is 1. The number of nitrogens with one attached hydrogen (secondary N) is 1. The van der Waals surface area contributed by atoms with Gasteiger partial charge < -0.3 is 15.0 Å². The predicted octanol–water partition coefficient (Wildman–Crippen LogP) is 3.08. The van der Waals surface area contributed by atoms with Gasteiger partial charge in [0.1, 0.15) is 30.1 Å². The van der Waals surface area contributed by atoms with E-state index in [4.69, 9.17) is 0 Å². The first kappa shape index (κ1) is 27.6. The summed E-state index contributed by atoms with van der Waals surface area (Å²) in [5, 5.41) is 20.5. The van der Waals surface area contributed by atoms with E-state index in [0.29, 0.717) is 12.7 Å². The minimum Gasteiger partial charge on any atom is -0.396 e. The van der Waals surface area contributed by atoms with Crippen LogP contribution in [0.1, 0.15) is 53.0 Å². The Kier molecular flexibility index (Phi) is 6.76. The Bertz CT molecular complexity index is 1550. The molecule has 0 radical (unpaired) electrons. The molecule has 13 heteroatoms. The summed E-state index contributed by atoms with van der Waals surface area (Å²) in [4.78, 5) is 28.5. The maximum Gasteiger partial charge on any atom is 0.418 e. The Balaban J connectivity index is 1.39. The number of aliphatic hydroxyl groups excluding tert-OH is 1. The quantitative estimate of drug-likeness (QED) is 0.436. The van der Waals surface area contributed by atoms with E-state index < -0.39 is 52.0 Å². The average Bonchev–Trinajstić information content (AvgIpc) is 3.46. The zero-order valence-electron chi connectivity index (χ0n) is 22.4. The van der Waals surface area contributed by atoms with E-state index in [9.17, 15) is 32.3 Å². The number of nitrogens with zero attached hydrogens (tertiary/aromatic N) is 5. The Morgan fingerprint density at radius 3 is 2.61 bits per heavy atom. The highest BCUT2D eigenvalue weighted by Crippen LogP contribution is 2.48. The summed E-state index contributed by atoms with van der Waals surface area (Å²) in [7, 11) is 1.83. The molecule has 2 fully saturated rings. The number of likely N-dealkylation sites (tertiary alicyclic amines) is 1. The van der Waals surface area contributed by atoms with Gasteiger partial charge in [-0.1, -0.05) is 18.6 Å². The van der Waals surface area contributed by atoms with Crippen LogP contribution in [0.4, 0.5) is 23.2 Å². The van der Waals surface area contributed by atoms with Crippen molar-refractivity contribution in [3.8, 4) is 5.69 Å².